The van der Waals surface area contributed by atoms with E-state index in [1.165, 1.54) is 33.5 Å². The van der Waals surface area contributed by atoms with Gasteiger partial charge >= 0.3 is 0 Å². The highest BCUT2D eigenvalue weighted by molar-refractivity contribution is 7.10. The fourth-order valence-corrected chi connectivity index (χ4v) is 5.51. The van der Waals surface area contributed by atoms with Crippen molar-refractivity contribution in [3.05, 3.63) is 87.4 Å². The van der Waals surface area contributed by atoms with E-state index in [1.807, 2.05) is 24.0 Å². The fraction of sp³-hybridized carbons (Fsp3) is 0.379. The van der Waals surface area contributed by atoms with E-state index < -0.39 is 5.82 Å². The van der Waals surface area contributed by atoms with Crippen LogP contribution in [0.15, 0.2) is 60.0 Å². The third kappa shape index (κ3) is 5.95. The van der Waals surface area contributed by atoms with Crippen molar-refractivity contribution in [2.45, 2.75) is 45.6 Å². The number of hydrogen-bond acceptors (Lipinski definition) is 4. The molecule has 0 spiro atoms. The van der Waals surface area contributed by atoms with E-state index in [0.29, 0.717) is 32.0 Å². The Balaban J connectivity index is 1.50. The molecular formula is C29H33FN2O3S. The Morgan fingerprint density at radius 2 is 1.94 bits per heavy atom. The van der Waals surface area contributed by atoms with Crippen LogP contribution in [0.5, 0.6) is 5.75 Å². The van der Waals surface area contributed by atoms with Gasteiger partial charge in [-0.15, -0.1) is 11.3 Å². The average molecular weight is 509 g/mol. The van der Waals surface area contributed by atoms with Crippen LogP contribution in [0.1, 0.15) is 65.5 Å². The van der Waals surface area contributed by atoms with Crippen molar-refractivity contribution < 1.29 is 18.7 Å². The summed E-state index contributed by atoms with van der Waals surface area (Å²) >= 11 is 1.70. The van der Waals surface area contributed by atoms with Gasteiger partial charge in [-0.2, -0.15) is 0 Å². The molecule has 1 aromatic heterocycles. The van der Waals surface area contributed by atoms with Crippen molar-refractivity contribution in [3.63, 3.8) is 0 Å². The van der Waals surface area contributed by atoms with Gasteiger partial charge in [0.2, 0.25) is 5.91 Å². The maximum atomic E-state index is 13.7. The van der Waals surface area contributed by atoms with Crippen LogP contribution in [0, 0.1) is 5.82 Å². The summed E-state index contributed by atoms with van der Waals surface area (Å²) < 4.78 is 19.9. The topological polar surface area (TPSA) is 49.9 Å². The number of carbonyl (C=O) groups excluding carboxylic acids is 2. The number of halogens is 1. The second-order valence-corrected chi connectivity index (χ2v) is 10.4. The monoisotopic (exact) mass is 508 g/mol. The van der Waals surface area contributed by atoms with Crippen LogP contribution in [0.3, 0.4) is 0 Å². The third-order valence-electron chi connectivity index (χ3n) is 6.55. The number of fused-ring (bicyclic) bond motifs is 1. The largest absolute Gasteiger partial charge is 0.491 e. The van der Waals surface area contributed by atoms with Crippen LogP contribution >= 0.6 is 11.3 Å². The van der Waals surface area contributed by atoms with E-state index in [9.17, 15) is 14.0 Å². The number of amides is 2. The average Bonchev–Trinajstić information content (AvgIpc) is 3.36. The molecule has 190 valence electrons. The standard InChI is InChI=1S/C29H33FN2O3S/c1-4-14-31(29(34)22-6-5-7-23(30)17-22)18-28(33)32-15-12-27-25(13-16-36-27)26(32)19-35-24-10-8-21(9-11-24)20(2)3/h5-11,13,16-17,20,26H,4,12,14-15,18-19H2,1-3H3/t26-/m1/s1. The molecule has 0 saturated carbocycles. The van der Waals surface area contributed by atoms with E-state index in [-0.39, 0.29) is 30.0 Å². The second-order valence-electron chi connectivity index (χ2n) is 9.42. The van der Waals surface area contributed by atoms with Crippen molar-refractivity contribution in [1.29, 1.82) is 0 Å². The molecule has 1 aliphatic rings. The summed E-state index contributed by atoms with van der Waals surface area (Å²) in [5.74, 6) is 0.274. The normalized spacial score (nSPS) is 15.0. The SMILES string of the molecule is CCCN(CC(=O)N1CCc2sccc2[C@H]1COc1ccc(C(C)C)cc1)C(=O)c1cccc(F)c1. The van der Waals surface area contributed by atoms with Crippen molar-refractivity contribution in [2.24, 2.45) is 0 Å². The number of benzene rings is 2. The maximum absolute atomic E-state index is 13.7. The zero-order chi connectivity index (χ0) is 25.7. The molecule has 0 aliphatic carbocycles. The molecule has 0 bridgehead atoms. The Bertz CT molecular complexity index is 1190. The second kappa shape index (κ2) is 11.7. The van der Waals surface area contributed by atoms with E-state index in [2.05, 4.69) is 37.4 Å². The first-order valence-corrected chi connectivity index (χ1v) is 13.4. The first-order chi connectivity index (χ1) is 17.4. The molecule has 2 amide bonds. The highest BCUT2D eigenvalue weighted by Gasteiger charge is 2.33. The molecule has 36 heavy (non-hydrogen) atoms. The molecule has 1 aliphatic heterocycles. The van der Waals surface area contributed by atoms with E-state index in [1.54, 1.807) is 17.4 Å². The van der Waals surface area contributed by atoms with Crippen LogP contribution in [-0.4, -0.2) is 47.9 Å². The Kier molecular flexibility index (Phi) is 8.41. The molecule has 0 unspecified atom stereocenters. The van der Waals surface area contributed by atoms with Crippen LogP contribution in [0.2, 0.25) is 0 Å². The minimum absolute atomic E-state index is 0.0533. The highest BCUT2D eigenvalue weighted by atomic mass is 32.1. The van der Waals surface area contributed by atoms with Gasteiger partial charge in [0, 0.05) is 23.5 Å². The number of thiophene rings is 1. The van der Waals surface area contributed by atoms with Crippen molar-refractivity contribution in [1.82, 2.24) is 9.80 Å². The Labute approximate surface area is 216 Å². The van der Waals surface area contributed by atoms with Gasteiger partial charge in [0.15, 0.2) is 0 Å². The maximum Gasteiger partial charge on any atom is 0.254 e. The van der Waals surface area contributed by atoms with Gasteiger partial charge in [-0.05, 0) is 71.7 Å². The lowest BCUT2D eigenvalue weighted by atomic mass is 10.00. The summed E-state index contributed by atoms with van der Waals surface area (Å²) in [5.41, 5.74) is 2.60. The summed E-state index contributed by atoms with van der Waals surface area (Å²) in [7, 11) is 0. The van der Waals surface area contributed by atoms with Gasteiger partial charge < -0.3 is 14.5 Å². The van der Waals surface area contributed by atoms with E-state index in [4.69, 9.17) is 4.74 Å². The Morgan fingerprint density at radius 1 is 1.17 bits per heavy atom. The number of ether oxygens (including phenoxy) is 1. The number of carbonyl (C=O) groups is 2. The number of hydrogen-bond donors (Lipinski definition) is 0. The van der Waals surface area contributed by atoms with Crippen LogP contribution in [-0.2, 0) is 11.2 Å². The van der Waals surface area contributed by atoms with E-state index in [0.717, 1.165) is 17.7 Å². The summed E-state index contributed by atoms with van der Waals surface area (Å²) in [6.07, 6.45) is 1.48. The summed E-state index contributed by atoms with van der Waals surface area (Å²) in [4.78, 5) is 31.3. The summed E-state index contributed by atoms with van der Waals surface area (Å²) in [5, 5.41) is 2.06. The summed E-state index contributed by atoms with van der Waals surface area (Å²) in [6, 6.07) is 15.5. The Morgan fingerprint density at radius 3 is 2.64 bits per heavy atom. The lowest BCUT2D eigenvalue weighted by molar-refractivity contribution is -0.135. The molecular weight excluding hydrogens is 475 g/mol. The summed E-state index contributed by atoms with van der Waals surface area (Å²) in [6.45, 7) is 7.53. The molecule has 0 N–H and O–H groups in total. The number of nitrogens with zero attached hydrogens (tertiary/aromatic N) is 2. The van der Waals surface area contributed by atoms with Gasteiger partial charge in [0.1, 0.15) is 24.7 Å². The third-order valence-corrected chi connectivity index (χ3v) is 7.54. The lowest BCUT2D eigenvalue weighted by Crippen LogP contribution is -2.48. The zero-order valence-corrected chi connectivity index (χ0v) is 21.9. The van der Waals surface area contributed by atoms with Crippen LogP contribution in [0.4, 0.5) is 4.39 Å². The molecule has 2 aromatic carbocycles. The van der Waals surface area contributed by atoms with E-state index >= 15 is 0 Å². The molecule has 5 nitrogen and oxygen atoms in total. The van der Waals surface area contributed by atoms with Crippen LogP contribution in [0.25, 0.3) is 0 Å². The smallest absolute Gasteiger partial charge is 0.254 e. The predicted molar refractivity (Wildman–Crippen MR) is 141 cm³/mol. The fourth-order valence-electron chi connectivity index (χ4n) is 4.58. The molecule has 1 atom stereocenters. The van der Waals surface area contributed by atoms with Gasteiger partial charge in [-0.3, -0.25) is 9.59 Å². The van der Waals surface area contributed by atoms with Crippen molar-refractivity contribution in [3.8, 4) is 5.75 Å². The quantitative estimate of drug-likeness (QED) is 0.353. The van der Waals surface area contributed by atoms with Gasteiger partial charge in [0.25, 0.3) is 5.91 Å². The molecule has 4 rings (SSSR count). The lowest BCUT2D eigenvalue weighted by Gasteiger charge is -2.37. The van der Waals surface area contributed by atoms with Gasteiger partial charge in [0.05, 0.1) is 6.04 Å². The first-order valence-electron chi connectivity index (χ1n) is 12.5. The molecule has 0 radical (unpaired) electrons. The minimum atomic E-state index is -0.469. The highest BCUT2D eigenvalue weighted by Crippen LogP contribution is 2.34. The minimum Gasteiger partial charge on any atom is -0.491 e. The molecule has 7 heteroatoms. The Hall–Kier alpha value is -3.19. The van der Waals surface area contributed by atoms with Crippen molar-refractivity contribution >= 4 is 23.2 Å². The zero-order valence-electron chi connectivity index (χ0n) is 21.1. The molecule has 0 saturated heterocycles. The molecule has 3 aromatic rings. The van der Waals surface area contributed by atoms with Crippen LogP contribution < -0.4 is 4.74 Å². The molecule has 2 heterocycles. The predicted octanol–water partition coefficient (Wildman–Crippen LogP) is 6.07. The van der Waals surface area contributed by atoms with Crippen molar-refractivity contribution in [2.75, 3.05) is 26.2 Å². The number of rotatable bonds is 9. The van der Waals surface area contributed by atoms with Gasteiger partial charge in [-0.25, -0.2) is 4.39 Å². The first kappa shape index (κ1) is 25.9. The molecule has 0 fully saturated rings. The van der Waals surface area contributed by atoms with Gasteiger partial charge in [-0.1, -0.05) is 39.0 Å².